The van der Waals surface area contributed by atoms with Crippen LogP contribution in [0.4, 0.5) is 0 Å². The summed E-state index contributed by atoms with van der Waals surface area (Å²) in [5.41, 5.74) is 9.17. The third kappa shape index (κ3) is 2.70. The molecule has 0 amide bonds. The molecule has 4 aromatic heterocycles. The molecule has 39 heavy (non-hydrogen) atoms. The average Bonchev–Trinajstić information content (AvgIpc) is 3.65. The van der Waals surface area contributed by atoms with Crippen molar-refractivity contribution in [2.75, 3.05) is 0 Å². The molecule has 0 aliphatic rings. The van der Waals surface area contributed by atoms with E-state index in [2.05, 4.69) is 137 Å². The Bertz CT molecular complexity index is 2390. The van der Waals surface area contributed by atoms with E-state index in [0.717, 1.165) is 27.8 Å². The van der Waals surface area contributed by atoms with Crippen LogP contribution in [0.15, 0.2) is 134 Å². The summed E-state index contributed by atoms with van der Waals surface area (Å²) in [6, 6.07) is 45.5. The van der Waals surface area contributed by atoms with Crippen molar-refractivity contribution in [2.45, 2.75) is 0 Å². The monoisotopic (exact) mass is 498 g/mol. The van der Waals surface area contributed by atoms with Gasteiger partial charge in [-0.25, -0.2) is 4.52 Å². The molecular formula is C35H22N4. The molecule has 0 saturated heterocycles. The van der Waals surface area contributed by atoms with E-state index in [-0.39, 0.29) is 0 Å². The largest absolute Gasteiger partial charge is 0.307 e. The Morgan fingerprint density at radius 1 is 0.410 bits per heavy atom. The van der Waals surface area contributed by atoms with Gasteiger partial charge in [0.05, 0.1) is 38.8 Å². The molecule has 0 bridgehead atoms. The van der Waals surface area contributed by atoms with Crippen LogP contribution >= 0.6 is 0 Å². The van der Waals surface area contributed by atoms with Crippen LogP contribution in [0.3, 0.4) is 0 Å². The minimum Gasteiger partial charge on any atom is -0.307 e. The van der Waals surface area contributed by atoms with E-state index < -0.39 is 0 Å². The number of rotatable bonds is 2. The molecule has 0 aliphatic heterocycles. The third-order valence-electron chi connectivity index (χ3n) is 8.05. The van der Waals surface area contributed by atoms with Crippen molar-refractivity contribution in [2.24, 2.45) is 0 Å². The Hall–Kier alpha value is -5.35. The molecule has 9 rings (SSSR count). The van der Waals surface area contributed by atoms with Crippen LogP contribution in [0.5, 0.6) is 0 Å². The van der Waals surface area contributed by atoms with Crippen LogP contribution < -0.4 is 0 Å². The Morgan fingerprint density at radius 2 is 1.00 bits per heavy atom. The Kier molecular flexibility index (Phi) is 4.02. The second-order valence-corrected chi connectivity index (χ2v) is 10.1. The first-order valence-electron chi connectivity index (χ1n) is 13.3. The first-order valence-corrected chi connectivity index (χ1v) is 13.3. The fraction of sp³-hybridized carbons (Fsp3) is 0. The van der Waals surface area contributed by atoms with Gasteiger partial charge in [0.15, 0.2) is 0 Å². The maximum atomic E-state index is 4.91. The third-order valence-corrected chi connectivity index (χ3v) is 8.05. The van der Waals surface area contributed by atoms with Crippen LogP contribution in [0.1, 0.15) is 0 Å². The molecule has 0 saturated carbocycles. The van der Waals surface area contributed by atoms with Gasteiger partial charge < -0.3 is 9.13 Å². The molecule has 9 aromatic rings. The van der Waals surface area contributed by atoms with Gasteiger partial charge in [0.25, 0.3) is 0 Å². The molecule has 0 radical (unpaired) electrons. The van der Waals surface area contributed by atoms with Gasteiger partial charge in [-0.1, -0.05) is 84.9 Å². The molecule has 4 heterocycles. The predicted molar refractivity (Wildman–Crippen MR) is 161 cm³/mol. The second-order valence-electron chi connectivity index (χ2n) is 10.1. The van der Waals surface area contributed by atoms with Crippen LogP contribution in [0.2, 0.25) is 0 Å². The summed E-state index contributed by atoms with van der Waals surface area (Å²) < 4.78 is 6.90. The van der Waals surface area contributed by atoms with Crippen molar-refractivity contribution in [3.8, 4) is 11.4 Å². The number of pyridine rings is 1. The molecule has 182 valence electrons. The quantitative estimate of drug-likeness (QED) is 0.234. The number of para-hydroxylation sites is 3. The summed E-state index contributed by atoms with van der Waals surface area (Å²) in [4.78, 5) is 0. The minimum atomic E-state index is 0.995. The van der Waals surface area contributed by atoms with Crippen molar-refractivity contribution in [3.63, 3.8) is 0 Å². The van der Waals surface area contributed by atoms with Gasteiger partial charge in [-0.2, -0.15) is 5.10 Å². The molecule has 0 atom stereocenters. The van der Waals surface area contributed by atoms with Crippen molar-refractivity contribution >= 4 is 60.0 Å². The van der Waals surface area contributed by atoms with E-state index in [1.165, 1.54) is 43.6 Å². The number of fused-ring (bicyclic) bond motifs is 10. The Morgan fingerprint density at radius 3 is 1.74 bits per heavy atom. The molecule has 0 spiro atoms. The maximum absolute atomic E-state index is 4.91. The molecule has 0 aliphatic carbocycles. The number of aromatic nitrogens is 4. The first kappa shape index (κ1) is 20.7. The van der Waals surface area contributed by atoms with E-state index in [0.29, 0.717) is 0 Å². The van der Waals surface area contributed by atoms with E-state index in [9.17, 15) is 0 Å². The van der Waals surface area contributed by atoms with Crippen molar-refractivity contribution in [1.82, 2.24) is 18.7 Å². The van der Waals surface area contributed by atoms with E-state index in [1.54, 1.807) is 0 Å². The smallest absolute Gasteiger partial charge is 0.0980 e. The summed E-state index contributed by atoms with van der Waals surface area (Å²) in [5, 5.41) is 11.0. The maximum Gasteiger partial charge on any atom is 0.0980 e. The van der Waals surface area contributed by atoms with Gasteiger partial charge in [-0.3, -0.25) is 0 Å². The average molecular weight is 499 g/mol. The Labute approximate surface area is 223 Å². The fourth-order valence-corrected chi connectivity index (χ4v) is 6.49. The topological polar surface area (TPSA) is 27.2 Å². The molecule has 5 aromatic carbocycles. The van der Waals surface area contributed by atoms with Gasteiger partial charge in [-0.05, 0) is 42.5 Å². The molecule has 0 unspecified atom stereocenters. The highest BCUT2D eigenvalue weighted by Crippen LogP contribution is 2.42. The molecule has 4 nitrogen and oxygen atoms in total. The number of nitrogens with zero attached hydrogens (tertiary/aromatic N) is 4. The summed E-state index contributed by atoms with van der Waals surface area (Å²) >= 11 is 0. The lowest BCUT2D eigenvalue weighted by molar-refractivity contribution is 0.971. The van der Waals surface area contributed by atoms with Crippen LogP contribution in [-0.4, -0.2) is 18.7 Å². The lowest BCUT2D eigenvalue weighted by atomic mass is 10.1. The highest BCUT2D eigenvalue weighted by atomic mass is 15.2. The van der Waals surface area contributed by atoms with E-state index >= 15 is 0 Å². The van der Waals surface area contributed by atoms with Crippen LogP contribution in [0.25, 0.3) is 71.4 Å². The molecule has 0 N–H and O–H groups in total. The van der Waals surface area contributed by atoms with Crippen LogP contribution in [-0.2, 0) is 0 Å². The van der Waals surface area contributed by atoms with Gasteiger partial charge >= 0.3 is 0 Å². The normalized spacial score (nSPS) is 12.1. The van der Waals surface area contributed by atoms with Gasteiger partial charge in [-0.15, -0.1) is 0 Å². The molecular weight excluding hydrogens is 476 g/mol. The fourth-order valence-electron chi connectivity index (χ4n) is 6.49. The zero-order chi connectivity index (χ0) is 25.5. The summed E-state index contributed by atoms with van der Waals surface area (Å²) in [7, 11) is 0. The highest BCUT2D eigenvalue weighted by Gasteiger charge is 2.22. The summed E-state index contributed by atoms with van der Waals surface area (Å²) in [5.74, 6) is 0. The minimum absolute atomic E-state index is 0.995. The number of hydrogen-bond donors (Lipinski definition) is 0. The van der Waals surface area contributed by atoms with Crippen molar-refractivity contribution in [1.29, 1.82) is 0 Å². The SMILES string of the molecule is c1ccc(-n2c3ccccc3c3ccc4c5ccccc5n(-c5cccn6nc7ccccc7c56)c4c32)cc1. The molecule has 0 fully saturated rings. The summed E-state index contributed by atoms with van der Waals surface area (Å²) in [6.07, 6.45) is 2.04. The van der Waals surface area contributed by atoms with E-state index in [1.807, 2.05) is 10.7 Å². The molecule has 4 heteroatoms. The number of benzene rings is 5. The predicted octanol–water partition coefficient (Wildman–Crippen LogP) is 8.68. The first-order chi connectivity index (χ1) is 19.4. The van der Waals surface area contributed by atoms with Gasteiger partial charge in [0.1, 0.15) is 0 Å². The van der Waals surface area contributed by atoms with E-state index in [4.69, 9.17) is 5.10 Å². The van der Waals surface area contributed by atoms with Crippen LogP contribution in [0, 0.1) is 0 Å². The zero-order valence-corrected chi connectivity index (χ0v) is 21.0. The highest BCUT2D eigenvalue weighted by molar-refractivity contribution is 6.24. The lowest BCUT2D eigenvalue weighted by Crippen LogP contribution is -2.00. The summed E-state index contributed by atoms with van der Waals surface area (Å²) in [6.45, 7) is 0. The van der Waals surface area contributed by atoms with Crippen molar-refractivity contribution in [3.05, 3.63) is 134 Å². The lowest BCUT2D eigenvalue weighted by Gasteiger charge is -2.13. The Balaban J connectivity index is 1.58. The van der Waals surface area contributed by atoms with Crippen molar-refractivity contribution < 1.29 is 0 Å². The van der Waals surface area contributed by atoms with Gasteiger partial charge in [0, 0.05) is 38.8 Å². The zero-order valence-electron chi connectivity index (χ0n) is 21.0. The standard InChI is InChI=1S/C35H22N4/c1-2-11-23(12-3-1)38-30-17-8-5-13-24(30)26-20-21-27-25-14-6-9-18-31(25)39(35(27)34(26)38)32-19-10-22-37-33(32)28-15-4-7-16-29(28)36-37/h1-22H. The second kappa shape index (κ2) is 7.59. The van der Waals surface area contributed by atoms with Gasteiger partial charge in [0.2, 0.25) is 0 Å². The number of hydrogen-bond acceptors (Lipinski definition) is 1.